The number of alkyl halides is 1. The zero-order valence-corrected chi connectivity index (χ0v) is 9.74. The van der Waals surface area contributed by atoms with Crippen molar-refractivity contribution in [2.75, 3.05) is 13.2 Å². The zero-order valence-electron chi connectivity index (χ0n) is 9.74. The highest BCUT2D eigenvalue weighted by atomic mass is 19.1. The molecule has 16 heavy (non-hydrogen) atoms. The maximum atomic E-state index is 12.0. The Morgan fingerprint density at radius 2 is 1.94 bits per heavy atom. The van der Waals surface area contributed by atoms with E-state index in [0.29, 0.717) is 12.5 Å². The summed E-state index contributed by atoms with van der Waals surface area (Å²) in [6, 6.07) is 9.98. The Kier molecular flexibility index (Phi) is 4.96. The Morgan fingerprint density at radius 1 is 1.31 bits per heavy atom. The molecule has 3 heteroatoms. The molecule has 2 nitrogen and oxygen atoms in total. The number of hydrogen-bond acceptors (Lipinski definition) is 1. The average molecular weight is 223 g/mol. The van der Waals surface area contributed by atoms with Crippen molar-refractivity contribution in [2.24, 2.45) is 5.92 Å². The van der Waals surface area contributed by atoms with Gasteiger partial charge in [0.2, 0.25) is 0 Å². The number of hydrogen-bond donors (Lipinski definition) is 1. The fourth-order valence-corrected chi connectivity index (χ4v) is 1.71. The summed E-state index contributed by atoms with van der Waals surface area (Å²) in [6.45, 7) is 3.74. The molecule has 0 bridgehead atoms. The van der Waals surface area contributed by atoms with Crippen LogP contribution in [0.25, 0.3) is 0 Å². The van der Waals surface area contributed by atoms with E-state index >= 15 is 0 Å². The van der Waals surface area contributed by atoms with Crippen LogP contribution in [0.15, 0.2) is 30.3 Å². The molecule has 0 aliphatic carbocycles. The molecule has 0 aliphatic rings. The van der Waals surface area contributed by atoms with Crippen LogP contribution in [0.1, 0.15) is 25.3 Å². The quantitative estimate of drug-likeness (QED) is 0.816. The van der Waals surface area contributed by atoms with Crippen LogP contribution < -0.4 is 5.32 Å². The van der Waals surface area contributed by atoms with Crippen molar-refractivity contribution in [3.63, 3.8) is 0 Å². The molecular weight excluding hydrogens is 205 g/mol. The van der Waals surface area contributed by atoms with Gasteiger partial charge in [-0.25, -0.2) is 4.39 Å². The second-order valence-electron chi connectivity index (χ2n) is 4.20. The molecule has 0 saturated heterocycles. The minimum absolute atomic E-state index is 0.233. The molecule has 1 atom stereocenters. The molecule has 0 saturated carbocycles. The molecule has 0 spiro atoms. The maximum absolute atomic E-state index is 12.0. The minimum Gasteiger partial charge on any atom is -0.353 e. The molecule has 0 radical (unpaired) electrons. The van der Waals surface area contributed by atoms with Gasteiger partial charge in [-0.1, -0.05) is 44.2 Å². The molecule has 1 aromatic carbocycles. The van der Waals surface area contributed by atoms with Gasteiger partial charge in [-0.15, -0.1) is 0 Å². The Balaban J connectivity index is 2.66. The molecule has 1 unspecified atom stereocenters. The van der Waals surface area contributed by atoms with E-state index in [1.165, 1.54) is 5.56 Å². The third kappa shape index (κ3) is 3.65. The summed E-state index contributed by atoms with van der Waals surface area (Å²) in [5.74, 6) is 0.0978. The lowest BCUT2D eigenvalue weighted by atomic mass is 9.88. The van der Waals surface area contributed by atoms with E-state index < -0.39 is 12.6 Å². The van der Waals surface area contributed by atoms with Crippen molar-refractivity contribution in [3.05, 3.63) is 35.9 Å². The summed E-state index contributed by atoms with van der Waals surface area (Å²) < 4.78 is 12.0. The SMILES string of the molecule is CC(C)C(CNC(=O)CF)c1ccccc1. The Labute approximate surface area is 95.9 Å². The Morgan fingerprint density at radius 3 is 2.44 bits per heavy atom. The lowest BCUT2D eigenvalue weighted by molar-refractivity contribution is -0.122. The van der Waals surface area contributed by atoms with Gasteiger partial charge >= 0.3 is 0 Å². The number of amides is 1. The first kappa shape index (κ1) is 12.7. The van der Waals surface area contributed by atoms with Crippen LogP contribution in [0.3, 0.4) is 0 Å². The first-order valence-electron chi connectivity index (χ1n) is 5.52. The summed E-state index contributed by atoms with van der Waals surface area (Å²) in [5.41, 5.74) is 1.18. The highest BCUT2D eigenvalue weighted by Gasteiger charge is 2.16. The van der Waals surface area contributed by atoms with Gasteiger partial charge in [0, 0.05) is 12.5 Å². The van der Waals surface area contributed by atoms with Gasteiger partial charge in [-0.2, -0.15) is 0 Å². The van der Waals surface area contributed by atoms with Crippen molar-refractivity contribution in [1.82, 2.24) is 5.32 Å². The number of carbonyl (C=O) groups excluding carboxylic acids is 1. The summed E-state index contributed by atoms with van der Waals surface area (Å²) in [5, 5.41) is 2.60. The fraction of sp³-hybridized carbons (Fsp3) is 0.462. The summed E-state index contributed by atoms with van der Waals surface area (Å²) in [7, 11) is 0. The van der Waals surface area contributed by atoms with E-state index in [1.54, 1.807) is 0 Å². The predicted molar refractivity (Wildman–Crippen MR) is 63.0 cm³/mol. The number of rotatable bonds is 5. The minimum atomic E-state index is -0.945. The highest BCUT2D eigenvalue weighted by Crippen LogP contribution is 2.23. The number of benzene rings is 1. The van der Waals surface area contributed by atoms with Gasteiger partial charge < -0.3 is 5.32 Å². The van der Waals surface area contributed by atoms with E-state index in [4.69, 9.17) is 0 Å². The van der Waals surface area contributed by atoms with E-state index in [0.717, 1.165) is 0 Å². The van der Waals surface area contributed by atoms with E-state index in [1.807, 2.05) is 30.3 Å². The van der Waals surface area contributed by atoms with E-state index in [2.05, 4.69) is 19.2 Å². The molecule has 0 aliphatic heterocycles. The van der Waals surface area contributed by atoms with Crippen LogP contribution in [-0.4, -0.2) is 19.1 Å². The van der Waals surface area contributed by atoms with Crippen molar-refractivity contribution in [3.8, 4) is 0 Å². The van der Waals surface area contributed by atoms with E-state index in [-0.39, 0.29) is 5.92 Å². The van der Waals surface area contributed by atoms with Gasteiger partial charge in [0.1, 0.15) is 0 Å². The second kappa shape index (κ2) is 6.26. The van der Waals surface area contributed by atoms with Crippen molar-refractivity contribution in [1.29, 1.82) is 0 Å². The Bertz CT molecular complexity index is 324. The molecule has 1 N–H and O–H groups in total. The smallest absolute Gasteiger partial charge is 0.251 e. The van der Waals surface area contributed by atoms with Crippen LogP contribution in [0.2, 0.25) is 0 Å². The Hall–Kier alpha value is -1.38. The lowest BCUT2D eigenvalue weighted by Crippen LogP contribution is -2.31. The molecule has 0 fully saturated rings. The van der Waals surface area contributed by atoms with Crippen molar-refractivity contribution < 1.29 is 9.18 Å². The number of carbonyl (C=O) groups is 1. The third-order valence-corrected chi connectivity index (χ3v) is 2.67. The van der Waals surface area contributed by atoms with Crippen molar-refractivity contribution in [2.45, 2.75) is 19.8 Å². The van der Waals surface area contributed by atoms with Gasteiger partial charge in [-0.3, -0.25) is 4.79 Å². The molecule has 1 amide bonds. The van der Waals surface area contributed by atoms with Gasteiger partial charge in [0.25, 0.3) is 5.91 Å². The number of halogens is 1. The van der Waals surface area contributed by atoms with Gasteiger partial charge in [0.15, 0.2) is 6.67 Å². The van der Waals surface area contributed by atoms with Crippen LogP contribution >= 0.6 is 0 Å². The monoisotopic (exact) mass is 223 g/mol. The molecule has 88 valence electrons. The van der Waals surface area contributed by atoms with Crippen LogP contribution in [0, 0.1) is 5.92 Å². The van der Waals surface area contributed by atoms with Crippen LogP contribution in [0.5, 0.6) is 0 Å². The first-order valence-corrected chi connectivity index (χ1v) is 5.52. The third-order valence-electron chi connectivity index (χ3n) is 2.67. The van der Waals surface area contributed by atoms with Crippen molar-refractivity contribution >= 4 is 5.91 Å². The van der Waals surface area contributed by atoms with Crippen LogP contribution in [0.4, 0.5) is 4.39 Å². The summed E-state index contributed by atoms with van der Waals surface area (Å²) in [6.07, 6.45) is 0. The average Bonchev–Trinajstić information content (AvgIpc) is 2.30. The molecule has 0 aromatic heterocycles. The first-order chi connectivity index (χ1) is 7.65. The molecule has 1 aromatic rings. The van der Waals surface area contributed by atoms with Crippen LogP contribution in [-0.2, 0) is 4.79 Å². The predicted octanol–water partition coefficient (Wildman–Crippen LogP) is 2.51. The molecule has 0 heterocycles. The summed E-state index contributed by atoms with van der Waals surface area (Å²) in [4.78, 5) is 10.9. The topological polar surface area (TPSA) is 29.1 Å². The largest absolute Gasteiger partial charge is 0.353 e. The maximum Gasteiger partial charge on any atom is 0.251 e. The lowest BCUT2D eigenvalue weighted by Gasteiger charge is -2.21. The highest BCUT2D eigenvalue weighted by molar-refractivity contribution is 5.77. The van der Waals surface area contributed by atoms with Gasteiger partial charge in [-0.05, 0) is 11.5 Å². The van der Waals surface area contributed by atoms with E-state index in [9.17, 15) is 9.18 Å². The van der Waals surface area contributed by atoms with Gasteiger partial charge in [0.05, 0.1) is 0 Å². The molecular formula is C13H18FNO. The summed E-state index contributed by atoms with van der Waals surface area (Å²) >= 11 is 0. The standard InChI is InChI=1S/C13H18FNO/c1-10(2)12(9-15-13(16)8-14)11-6-4-3-5-7-11/h3-7,10,12H,8-9H2,1-2H3,(H,15,16). The second-order valence-corrected chi connectivity index (χ2v) is 4.20. The molecule has 1 rings (SSSR count). The fourth-order valence-electron chi connectivity index (χ4n) is 1.71. The number of nitrogens with one attached hydrogen (secondary N) is 1. The zero-order chi connectivity index (χ0) is 12.0. The normalized spacial score (nSPS) is 12.5.